The van der Waals surface area contributed by atoms with Gasteiger partial charge in [0.25, 0.3) is 11.2 Å². The van der Waals surface area contributed by atoms with Crippen molar-refractivity contribution in [3.63, 3.8) is 0 Å². The summed E-state index contributed by atoms with van der Waals surface area (Å²) in [4.78, 5) is 39.7. The van der Waals surface area contributed by atoms with Gasteiger partial charge >= 0.3 is 5.69 Å². The van der Waals surface area contributed by atoms with Gasteiger partial charge in [-0.25, -0.2) is 4.98 Å². The number of nitrogens with zero attached hydrogens (tertiary/aromatic N) is 5. The van der Waals surface area contributed by atoms with E-state index in [1.54, 1.807) is 24.3 Å². The largest absolute Gasteiger partial charge is 0.481 e. The van der Waals surface area contributed by atoms with Gasteiger partial charge in [-0.2, -0.15) is 9.78 Å². The molecule has 0 aliphatic rings. The van der Waals surface area contributed by atoms with Crippen LogP contribution >= 0.6 is 27.5 Å². The van der Waals surface area contributed by atoms with Crippen LogP contribution in [0.1, 0.15) is 36.7 Å². The second kappa shape index (κ2) is 12.1. The molecule has 0 bridgehead atoms. The minimum absolute atomic E-state index is 0.0602. The lowest BCUT2D eigenvalue weighted by Crippen LogP contribution is -2.22. The van der Waals surface area contributed by atoms with Gasteiger partial charge in [-0.1, -0.05) is 53.0 Å². The maximum Gasteiger partial charge on any atom is 0.313 e. The lowest BCUT2D eigenvalue weighted by Gasteiger charge is -2.12. The first-order chi connectivity index (χ1) is 18.7. The Labute approximate surface area is 235 Å². The van der Waals surface area contributed by atoms with Crippen LogP contribution in [0, 0.1) is 20.2 Å². The SMILES string of the molecule is CCCCc1nc2ccc(Br)cc2c(=O)n1N=Cc1cc(Cl)cc([N+](=O)[O-])c1OCc1cccc([N+](=O)[O-])c1. The Kier molecular flexibility index (Phi) is 8.67. The highest BCUT2D eigenvalue weighted by molar-refractivity contribution is 9.10. The Morgan fingerprint density at radius 1 is 1.13 bits per heavy atom. The van der Waals surface area contributed by atoms with E-state index in [9.17, 15) is 25.0 Å². The molecule has 0 saturated heterocycles. The van der Waals surface area contributed by atoms with Crippen LogP contribution in [0.15, 0.2) is 69.0 Å². The molecular weight excluding hydrogens is 594 g/mol. The maximum absolute atomic E-state index is 13.4. The molecule has 0 fully saturated rings. The molecule has 4 aromatic rings. The number of rotatable bonds is 10. The molecule has 200 valence electrons. The highest BCUT2D eigenvalue weighted by Crippen LogP contribution is 2.34. The van der Waals surface area contributed by atoms with Crippen LogP contribution in [0.3, 0.4) is 0 Å². The van der Waals surface area contributed by atoms with E-state index >= 15 is 0 Å². The fraction of sp³-hybridized carbons (Fsp3) is 0.192. The van der Waals surface area contributed by atoms with Crippen LogP contribution in [0.4, 0.5) is 11.4 Å². The summed E-state index contributed by atoms with van der Waals surface area (Å²) in [6.07, 6.45) is 3.38. The highest BCUT2D eigenvalue weighted by Gasteiger charge is 2.21. The Hall–Kier alpha value is -4.16. The van der Waals surface area contributed by atoms with Crippen LogP contribution in [-0.2, 0) is 13.0 Å². The number of aromatic nitrogens is 2. The number of benzene rings is 3. The van der Waals surface area contributed by atoms with E-state index in [1.807, 2.05) is 6.92 Å². The molecule has 0 unspecified atom stereocenters. The summed E-state index contributed by atoms with van der Waals surface area (Å²) >= 11 is 9.53. The number of nitro groups is 2. The number of ether oxygens (including phenoxy) is 1. The summed E-state index contributed by atoms with van der Waals surface area (Å²) in [5, 5.41) is 27.7. The molecule has 0 radical (unpaired) electrons. The van der Waals surface area contributed by atoms with Gasteiger partial charge in [0.05, 0.1) is 27.0 Å². The van der Waals surface area contributed by atoms with Crippen molar-refractivity contribution in [2.45, 2.75) is 32.8 Å². The molecule has 3 aromatic carbocycles. The molecule has 0 aliphatic carbocycles. The zero-order valence-corrected chi connectivity index (χ0v) is 22.9. The van der Waals surface area contributed by atoms with Crippen molar-refractivity contribution in [3.8, 4) is 5.75 Å². The maximum atomic E-state index is 13.4. The predicted octanol–water partition coefficient (Wildman–Crippen LogP) is 6.43. The average Bonchev–Trinajstić information content (AvgIpc) is 2.91. The van der Waals surface area contributed by atoms with Crippen LogP contribution < -0.4 is 10.3 Å². The van der Waals surface area contributed by atoms with E-state index in [4.69, 9.17) is 16.3 Å². The number of non-ortho nitro benzene ring substituents is 1. The van der Waals surface area contributed by atoms with Crippen molar-refractivity contribution in [3.05, 3.63) is 112 Å². The Bertz CT molecular complexity index is 1670. The topological polar surface area (TPSA) is 143 Å². The molecule has 0 atom stereocenters. The number of halogens is 2. The lowest BCUT2D eigenvalue weighted by molar-refractivity contribution is -0.386. The minimum Gasteiger partial charge on any atom is -0.481 e. The first-order valence-corrected chi connectivity index (χ1v) is 12.9. The Morgan fingerprint density at radius 2 is 1.92 bits per heavy atom. The summed E-state index contributed by atoms with van der Waals surface area (Å²) in [5.41, 5.74) is 0.131. The molecule has 0 spiro atoms. The van der Waals surface area contributed by atoms with Crippen LogP contribution in [0.25, 0.3) is 10.9 Å². The molecule has 0 saturated carbocycles. The number of hydrogen-bond acceptors (Lipinski definition) is 8. The fourth-order valence-corrected chi connectivity index (χ4v) is 4.42. The standard InChI is InChI=1S/C26H21BrClN5O6/c1-2-3-7-24-30-22-9-8-18(27)12-21(22)26(34)31(24)29-14-17-11-19(28)13-23(33(37)38)25(17)39-15-16-5-4-6-20(10-16)32(35)36/h4-6,8-14H,2-3,7,15H2,1H3. The zero-order chi connectivity index (χ0) is 28.1. The third kappa shape index (κ3) is 6.47. The minimum atomic E-state index is -0.653. The normalized spacial score (nSPS) is 11.3. The summed E-state index contributed by atoms with van der Waals surface area (Å²) < 4.78 is 7.65. The van der Waals surface area contributed by atoms with E-state index in [0.717, 1.165) is 18.9 Å². The number of unbranched alkanes of at least 4 members (excludes halogenated alkanes) is 1. The van der Waals surface area contributed by atoms with E-state index in [1.165, 1.54) is 35.2 Å². The Morgan fingerprint density at radius 3 is 2.64 bits per heavy atom. The van der Waals surface area contributed by atoms with Crippen molar-refractivity contribution in [1.82, 2.24) is 9.66 Å². The first kappa shape index (κ1) is 27.9. The molecule has 11 nitrogen and oxygen atoms in total. The van der Waals surface area contributed by atoms with E-state index in [2.05, 4.69) is 26.0 Å². The lowest BCUT2D eigenvalue weighted by atomic mass is 10.1. The van der Waals surface area contributed by atoms with Crippen LogP contribution in [0.5, 0.6) is 5.75 Å². The summed E-state index contributed by atoms with van der Waals surface area (Å²) in [5.74, 6) is 0.280. The van der Waals surface area contributed by atoms with E-state index in [0.29, 0.717) is 33.2 Å². The molecular formula is C26H21BrClN5O6. The van der Waals surface area contributed by atoms with E-state index < -0.39 is 21.1 Å². The van der Waals surface area contributed by atoms with Gasteiger partial charge in [-0.05, 0) is 36.2 Å². The number of hydrogen-bond donors (Lipinski definition) is 0. The van der Waals surface area contributed by atoms with Gasteiger partial charge < -0.3 is 4.74 Å². The van der Waals surface area contributed by atoms with Crippen molar-refractivity contribution >= 4 is 56.0 Å². The Balaban J connectivity index is 1.79. The summed E-state index contributed by atoms with van der Waals surface area (Å²) in [6.45, 7) is 1.82. The van der Waals surface area contributed by atoms with Gasteiger partial charge in [0.2, 0.25) is 5.75 Å². The van der Waals surface area contributed by atoms with Crippen LogP contribution in [-0.4, -0.2) is 25.7 Å². The summed E-state index contributed by atoms with van der Waals surface area (Å²) in [7, 11) is 0. The van der Waals surface area contributed by atoms with Gasteiger partial charge in [0.1, 0.15) is 12.4 Å². The molecule has 39 heavy (non-hydrogen) atoms. The zero-order valence-electron chi connectivity index (χ0n) is 20.5. The monoisotopic (exact) mass is 613 g/mol. The number of fused-ring (bicyclic) bond motifs is 1. The fourth-order valence-electron chi connectivity index (χ4n) is 3.83. The van der Waals surface area contributed by atoms with E-state index in [-0.39, 0.29) is 28.6 Å². The van der Waals surface area contributed by atoms with Gasteiger partial charge in [0.15, 0.2) is 0 Å². The number of nitro benzene ring substituents is 2. The summed E-state index contributed by atoms with van der Waals surface area (Å²) in [6, 6.07) is 13.5. The van der Waals surface area contributed by atoms with Crippen molar-refractivity contribution in [1.29, 1.82) is 0 Å². The van der Waals surface area contributed by atoms with Gasteiger partial charge in [0, 0.05) is 39.7 Å². The molecule has 0 aliphatic heterocycles. The third-order valence-corrected chi connectivity index (χ3v) is 6.42. The quantitative estimate of drug-likeness (QED) is 0.114. The molecule has 1 heterocycles. The molecule has 13 heteroatoms. The van der Waals surface area contributed by atoms with Gasteiger partial charge in [-0.3, -0.25) is 25.0 Å². The second-order valence-corrected chi connectivity index (χ2v) is 9.82. The molecule has 0 N–H and O–H groups in total. The number of aryl methyl sites for hydroxylation is 1. The van der Waals surface area contributed by atoms with Gasteiger partial charge in [-0.15, -0.1) is 0 Å². The van der Waals surface area contributed by atoms with Crippen molar-refractivity contribution in [2.24, 2.45) is 5.10 Å². The molecule has 1 aromatic heterocycles. The van der Waals surface area contributed by atoms with Crippen LogP contribution in [0.2, 0.25) is 5.02 Å². The van der Waals surface area contributed by atoms with Crippen molar-refractivity contribution < 1.29 is 14.6 Å². The molecule has 4 rings (SSSR count). The third-order valence-electron chi connectivity index (χ3n) is 5.71. The average molecular weight is 615 g/mol. The second-order valence-electron chi connectivity index (χ2n) is 8.47. The predicted molar refractivity (Wildman–Crippen MR) is 151 cm³/mol. The highest BCUT2D eigenvalue weighted by atomic mass is 79.9. The first-order valence-electron chi connectivity index (χ1n) is 11.8. The smallest absolute Gasteiger partial charge is 0.313 e. The van der Waals surface area contributed by atoms with Crippen molar-refractivity contribution in [2.75, 3.05) is 0 Å². The molecule has 0 amide bonds.